The highest BCUT2D eigenvalue weighted by Gasteiger charge is 2.10. The maximum absolute atomic E-state index is 5.81. The smallest absolute Gasteiger partial charge is 0.142 e. The molecule has 0 amide bonds. The first-order chi connectivity index (χ1) is 8.72. The highest BCUT2D eigenvalue weighted by molar-refractivity contribution is 6.14. The quantitative estimate of drug-likeness (QED) is 0.432. The van der Waals surface area contributed by atoms with E-state index < -0.39 is 0 Å². The molecule has 0 N–H and O–H groups in total. The molecule has 2 heterocycles. The molecule has 88 valence electrons. The Kier molecular flexibility index (Phi) is 1.72. The van der Waals surface area contributed by atoms with Crippen molar-refractivity contribution in [3.8, 4) is 0 Å². The van der Waals surface area contributed by atoms with Gasteiger partial charge in [0.15, 0.2) is 0 Å². The average molecular weight is 236 g/mol. The summed E-state index contributed by atoms with van der Waals surface area (Å²) in [6.45, 7) is 3.95. The third-order valence-electron chi connectivity index (χ3n) is 3.42. The SMILES string of the molecule is Cc1cc2c(ccc3c2ccc2cc(C)oc23)o1. The van der Waals surface area contributed by atoms with Gasteiger partial charge in [-0.15, -0.1) is 0 Å². The summed E-state index contributed by atoms with van der Waals surface area (Å²) in [6.07, 6.45) is 0. The van der Waals surface area contributed by atoms with Crippen LogP contribution in [-0.2, 0) is 0 Å². The van der Waals surface area contributed by atoms with Gasteiger partial charge in [-0.3, -0.25) is 0 Å². The molecule has 2 heteroatoms. The molecular formula is C16H12O2. The van der Waals surface area contributed by atoms with Crippen molar-refractivity contribution in [3.05, 3.63) is 47.9 Å². The van der Waals surface area contributed by atoms with E-state index in [4.69, 9.17) is 8.83 Å². The summed E-state index contributed by atoms with van der Waals surface area (Å²) in [4.78, 5) is 0. The van der Waals surface area contributed by atoms with E-state index in [1.807, 2.05) is 19.9 Å². The Balaban J connectivity index is 2.29. The van der Waals surface area contributed by atoms with Crippen LogP contribution in [0.5, 0.6) is 0 Å². The van der Waals surface area contributed by atoms with Crippen molar-refractivity contribution in [1.82, 2.24) is 0 Å². The topological polar surface area (TPSA) is 26.3 Å². The molecule has 0 radical (unpaired) electrons. The summed E-state index contributed by atoms with van der Waals surface area (Å²) in [5.41, 5.74) is 1.90. The standard InChI is InChI=1S/C16H12O2/c1-9-7-11-3-4-12-13(16(11)18-9)5-6-15-14(12)8-10(2)17-15/h3-8H,1-2H3. The van der Waals surface area contributed by atoms with Gasteiger partial charge in [0.05, 0.1) is 0 Å². The van der Waals surface area contributed by atoms with E-state index >= 15 is 0 Å². The molecule has 0 spiro atoms. The van der Waals surface area contributed by atoms with Gasteiger partial charge in [-0.25, -0.2) is 0 Å². The van der Waals surface area contributed by atoms with Gasteiger partial charge in [0.25, 0.3) is 0 Å². The van der Waals surface area contributed by atoms with Gasteiger partial charge < -0.3 is 8.83 Å². The molecule has 18 heavy (non-hydrogen) atoms. The summed E-state index contributed by atoms with van der Waals surface area (Å²) >= 11 is 0. The molecule has 2 aromatic heterocycles. The van der Waals surface area contributed by atoms with Crippen molar-refractivity contribution >= 4 is 32.7 Å². The minimum absolute atomic E-state index is 0.933. The number of benzene rings is 2. The van der Waals surface area contributed by atoms with Crippen molar-refractivity contribution in [2.24, 2.45) is 0 Å². The maximum Gasteiger partial charge on any atom is 0.142 e. The zero-order valence-electron chi connectivity index (χ0n) is 10.3. The first kappa shape index (κ1) is 9.77. The lowest BCUT2D eigenvalue weighted by molar-refractivity contribution is 0.578. The second-order valence-corrected chi connectivity index (χ2v) is 4.77. The Hall–Kier alpha value is -2.22. The zero-order chi connectivity index (χ0) is 12.3. The molecule has 2 nitrogen and oxygen atoms in total. The van der Waals surface area contributed by atoms with Gasteiger partial charge in [-0.1, -0.05) is 12.1 Å². The van der Waals surface area contributed by atoms with E-state index in [-0.39, 0.29) is 0 Å². The summed E-state index contributed by atoms with van der Waals surface area (Å²) in [5, 5.41) is 4.64. The first-order valence-corrected chi connectivity index (χ1v) is 6.04. The normalized spacial score (nSPS) is 11.9. The van der Waals surface area contributed by atoms with E-state index in [1.54, 1.807) is 0 Å². The molecule has 0 aliphatic heterocycles. The van der Waals surface area contributed by atoms with Gasteiger partial charge in [0, 0.05) is 16.2 Å². The van der Waals surface area contributed by atoms with Crippen LogP contribution >= 0.6 is 0 Å². The Labute approximate surface area is 104 Å². The zero-order valence-corrected chi connectivity index (χ0v) is 10.3. The second kappa shape index (κ2) is 3.16. The van der Waals surface area contributed by atoms with E-state index in [0.717, 1.165) is 38.8 Å². The fourth-order valence-corrected chi connectivity index (χ4v) is 2.68. The average Bonchev–Trinajstić information content (AvgIpc) is 2.89. The molecule has 2 aromatic carbocycles. The lowest BCUT2D eigenvalue weighted by atomic mass is 10.0. The molecule has 4 rings (SSSR count). The van der Waals surface area contributed by atoms with Crippen LogP contribution in [0.4, 0.5) is 0 Å². The van der Waals surface area contributed by atoms with Crippen LogP contribution in [-0.4, -0.2) is 0 Å². The summed E-state index contributed by atoms with van der Waals surface area (Å²) < 4.78 is 11.5. The van der Waals surface area contributed by atoms with Crippen LogP contribution in [0.1, 0.15) is 11.5 Å². The van der Waals surface area contributed by atoms with Crippen molar-refractivity contribution in [3.63, 3.8) is 0 Å². The lowest BCUT2D eigenvalue weighted by Crippen LogP contribution is -1.74. The number of furan rings is 2. The monoisotopic (exact) mass is 236 g/mol. The molecule has 0 bridgehead atoms. The Bertz CT molecular complexity index is 818. The van der Waals surface area contributed by atoms with Crippen molar-refractivity contribution in [1.29, 1.82) is 0 Å². The van der Waals surface area contributed by atoms with Crippen molar-refractivity contribution in [2.45, 2.75) is 13.8 Å². The number of aryl methyl sites for hydroxylation is 2. The van der Waals surface area contributed by atoms with Crippen LogP contribution in [0.2, 0.25) is 0 Å². The van der Waals surface area contributed by atoms with Crippen LogP contribution in [0, 0.1) is 13.8 Å². The summed E-state index contributed by atoms with van der Waals surface area (Å²) in [7, 11) is 0. The minimum Gasteiger partial charge on any atom is -0.461 e. The number of rotatable bonds is 0. The fourth-order valence-electron chi connectivity index (χ4n) is 2.68. The largest absolute Gasteiger partial charge is 0.461 e. The van der Waals surface area contributed by atoms with E-state index in [9.17, 15) is 0 Å². The fraction of sp³-hybridized carbons (Fsp3) is 0.125. The lowest BCUT2D eigenvalue weighted by Gasteiger charge is -1.99. The van der Waals surface area contributed by atoms with Crippen LogP contribution in [0.3, 0.4) is 0 Å². The summed E-state index contributed by atoms with van der Waals surface area (Å²) in [5.74, 6) is 1.88. The van der Waals surface area contributed by atoms with Gasteiger partial charge in [0.1, 0.15) is 22.7 Å². The van der Waals surface area contributed by atoms with E-state index in [0.29, 0.717) is 0 Å². The predicted molar refractivity (Wildman–Crippen MR) is 73.0 cm³/mol. The highest BCUT2D eigenvalue weighted by Crippen LogP contribution is 2.33. The summed E-state index contributed by atoms with van der Waals surface area (Å²) in [6, 6.07) is 12.5. The van der Waals surface area contributed by atoms with Crippen LogP contribution in [0.15, 0.2) is 45.2 Å². The van der Waals surface area contributed by atoms with Gasteiger partial charge in [-0.2, -0.15) is 0 Å². The number of hydrogen-bond acceptors (Lipinski definition) is 2. The molecule has 0 saturated carbocycles. The van der Waals surface area contributed by atoms with E-state index in [1.165, 1.54) is 5.39 Å². The maximum atomic E-state index is 5.81. The second-order valence-electron chi connectivity index (χ2n) is 4.77. The van der Waals surface area contributed by atoms with Gasteiger partial charge >= 0.3 is 0 Å². The molecule has 0 atom stereocenters. The van der Waals surface area contributed by atoms with Gasteiger partial charge in [-0.05, 0) is 43.5 Å². The minimum atomic E-state index is 0.933. The molecular weight excluding hydrogens is 224 g/mol. The van der Waals surface area contributed by atoms with Crippen LogP contribution < -0.4 is 0 Å². The molecule has 0 fully saturated rings. The predicted octanol–water partition coefficient (Wildman–Crippen LogP) is 4.95. The van der Waals surface area contributed by atoms with Crippen molar-refractivity contribution < 1.29 is 8.83 Å². The third-order valence-corrected chi connectivity index (χ3v) is 3.42. The Morgan fingerprint density at radius 2 is 1.50 bits per heavy atom. The first-order valence-electron chi connectivity index (χ1n) is 6.04. The Morgan fingerprint density at radius 3 is 2.39 bits per heavy atom. The van der Waals surface area contributed by atoms with Crippen LogP contribution in [0.25, 0.3) is 32.7 Å². The molecule has 0 unspecified atom stereocenters. The number of fused-ring (bicyclic) bond motifs is 5. The molecule has 0 aliphatic rings. The number of hydrogen-bond donors (Lipinski definition) is 0. The van der Waals surface area contributed by atoms with E-state index in [2.05, 4.69) is 30.3 Å². The molecule has 4 aromatic rings. The highest BCUT2D eigenvalue weighted by atomic mass is 16.3. The molecule has 0 saturated heterocycles. The molecule has 0 aliphatic carbocycles. The third kappa shape index (κ3) is 1.17. The van der Waals surface area contributed by atoms with Gasteiger partial charge in [0.2, 0.25) is 0 Å². The Morgan fingerprint density at radius 1 is 0.722 bits per heavy atom. The van der Waals surface area contributed by atoms with Crippen molar-refractivity contribution in [2.75, 3.05) is 0 Å².